The zero-order valence-corrected chi connectivity index (χ0v) is 12.7. The predicted octanol–water partition coefficient (Wildman–Crippen LogP) is 2.65. The Labute approximate surface area is 129 Å². The molecule has 116 valence electrons. The van der Waals surface area contributed by atoms with Crippen molar-refractivity contribution in [3.8, 4) is 5.75 Å². The van der Waals surface area contributed by atoms with Crippen molar-refractivity contribution in [3.63, 3.8) is 0 Å². The molecular weight excluding hydrogens is 302 g/mol. The van der Waals surface area contributed by atoms with Crippen LogP contribution in [0.3, 0.4) is 0 Å². The van der Waals surface area contributed by atoms with Gasteiger partial charge < -0.3 is 9.84 Å². The summed E-state index contributed by atoms with van der Waals surface area (Å²) in [6.07, 6.45) is 0.616. The Hall–Kier alpha value is -2.05. The zero-order chi connectivity index (χ0) is 15.6. The highest BCUT2D eigenvalue weighted by atomic mass is 32.2. The average Bonchev–Trinajstić information content (AvgIpc) is 2.53. The van der Waals surface area contributed by atoms with E-state index in [4.69, 9.17) is 9.84 Å². The third-order valence-corrected chi connectivity index (χ3v) is 5.43. The minimum absolute atomic E-state index is 0.0671. The molecule has 0 spiro atoms. The number of ether oxygens (including phenoxy) is 1. The molecule has 3 rings (SSSR count). The molecule has 0 aliphatic carbocycles. The number of anilines is 2. The van der Waals surface area contributed by atoms with Gasteiger partial charge in [-0.25, -0.2) is 12.7 Å². The first-order valence-corrected chi connectivity index (χ1v) is 8.60. The fraction of sp³-hybridized carbons (Fsp3) is 0.250. The van der Waals surface area contributed by atoms with Crippen LogP contribution in [0, 0.1) is 0 Å². The molecule has 0 radical (unpaired) electrons. The van der Waals surface area contributed by atoms with Gasteiger partial charge in [-0.15, -0.1) is 0 Å². The minimum atomic E-state index is -3.70. The Bertz CT molecular complexity index is 746. The number of para-hydroxylation sites is 3. The smallest absolute Gasteiger partial charge is 0.277 e. The molecule has 0 amide bonds. The van der Waals surface area contributed by atoms with Crippen LogP contribution in [0.5, 0.6) is 5.75 Å². The third kappa shape index (κ3) is 2.55. The molecule has 0 saturated carbocycles. The summed E-state index contributed by atoms with van der Waals surface area (Å²) < 4.78 is 32.8. The fourth-order valence-corrected chi connectivity index (χ4v) is 4.26. The lowest BCUT2D eigenvalue weighted by molar-refractivity contribution is 0.225. The largest absolute Gasteiger partial charge is 0.470 e. The van der Waals surface area contributed by atoms with Gasteiger partial charge in [-0.2, -0.15) is 0 Å². The second-order valence-corrected chi connectivity index (χ2v) is 6.95. The molecule has 1 aliphatic rings. The van der Waals surface area contributed by atoms with Crippen molar-refractivity contribution in [1.29, 1.82) is 0 Å². The monoisotopic (exact) mass is 319 g/mol. The first-order chi connectivity index (χ1) is 10.6. The highest BCUT2D eigenvalue weighted by Gasteiger charge is 2.40. The van der Waals surface area contributed by atoms with Gasteiger partial charge in [0.15, 0.2) is 0 Å². The molecule has 0 bridgehead atoms. The van der Waals surface area contributed by atoms with Crippen molar-refractivity contribution in [1.82, 2.24) is 0 Å². The van der Waals surface area contributed by atoms with Crippen molar-refractivity contribution in [3.05, 3.63) is 54.6 Å². The number of nitrogens with zero attached hydrogens (tertiary/aromatic N) is 1. The van der Waals surface area contributed by atoms with Crippen LogP contribution in [0.25, 0.3) is 0 Å². The van der Waals surface area contributed by atoms with Crippen LogP contribution in [-0.2, 0) is 10.0 Å². The number of benzene rings is 2. The second kappa shape index (κ2) is 5.98. The number of rotatable bonds is 4. The summed E-state index contributed by atoms with van der Waals surface area (Å²) in [6, 6.07) is 16.0. The summed E-state index contributed by atoms with van der Waals surface area (Å²) >= 11 is 0. The van der Waals surface area contributed by atoms with Crippen LogP contribution in [0.1, 0.15) is 12.8 Å². The zero-order valence-electron chi connectivity index (χ0n) is 11.9. The number of hydrogen-bond acceptors (Lipinski definition) is 4. The highest BCUT2D eigenvalue weighted by molar-refractivity contribution is 7.93. The first-order valence-electron chi connectivity index (χ1n) is 7.10. The molecule has 1 aliphatic heterocycles. The maximum atomic E-state index is 12.9. The van der Waals surface area contributed by atoms with Gasteiger partial charge in [0.05, 0.1) is 11.4 Å². The van der Waals surface area contributed by atoms with Gasteiger partial charge in [0.25, 0.3) is 10.0 Å². The lowest BCUT2D eigenvalue weighted by atomic mass is 10.2. The van der Waals surface area contributed by atoms with Crippen molar-refractivity contribution in [2.24, 2.45) is 0 Å². The summed E-state index contributed by atoms with van der Waals surface area (Å²) in [4.78, 5) is 0. The molecule has 1 atom stereocenters. The van der Waals surface area contributed by atoms with Crippen molar-refractivity contribution in [2.75, 3.05) is 10.9 Å². The molecule has 2 aromatic rings. The van der Waals surface area contributed by atoms with E-state index in [1.54, 1.807) is 42.5 Å². The number of fused-ring (bicyclic) bond motifs is 1. The summed E-state index contributed by atoms with van der Waals surface area (Å²) in [5.41, 5.74) is 0.0935. The Morgan fingerprint density at radius 2 is 1.73 bits per heavy atom. The number of hydrogen-bond donors (Lipinski definition) is 1. The topological polar surface area (TPSA) is 66.8 Å². The van der Waals surface area contributed by atoms with E-state index in [1.165, 1.54) is 4.31 Å². The van der Waals surface area contributed by atoms with E-state index in [2.05, 4.69) is 0 Å². The van der Waals surface area contributed by atoms with Gasteiger partial charge in [0.1, 0.15) is 5.75 Å². The van der Waals surface area contributed by atoms with Crippen molar-refractivity contribution in [2.45, 2.75) is 18.3 Å². The average molecular weight is 319 g/mol. The van der Waals surface area contributed by atoms with Crippen LogP contribution < -0.4 is 9.04 Å². The highest BCUT2D eigenvalue weighted by Crippen LogP contribution is 2.42. The molecule has 5 nitrogen and oxygen atoms in total. The Morgan fingerprint density at radius 1 is 1.05 bits per heavy atom. The summed E-state index contributed by atoms with van der Waals surface area (Å²) in [5.74, 6) is 0.532. The lowest BCUT2D eigenvalue weighted by Crippen LogP contribution is -2.43. The maximum Gasteiger partial charge on any atom is 0.277 e. The van der Waals surface area contributed by atoms with E-state index in [-0.39, 0.29) is 13.0 Å². The van der Waals surface area contributed by atoms with Gasteiger partial charge in [-0.3, -0.25) is 0 Å². The molecule has 0 fully saturated rings. The van der Waals surface area contributed by atoms with E-state index in [1.807, 2.05) is 12.1 Å². The van der Waals surface area contributed by atoms with Crippen LogP contribution in [0.2, 0.25) is 0 Å². The minimum Gasteiger partial charge on any atom is -0.470 e. The van der Waals surface area contributed by atoms with Crippen molar-refractivity contribution >= 4 is 21.4 Å². The van der Waals surface area contributed by atoms with E-state index >= 15 is 0 Å². The van der Waals surface area contributed by atoms with Crippen LogP contribution in [0.15, 0.2) is 54.6 Å². The van der Waals surface area contributed by atoms with Crippen LogP contribution in [-0.4, -0.2) is 25.6 Å². The van der Waals surface area contributed by atoms with Gasteiger partial charge in [-0.05, 0) is 30.7 Å². The molecule has 0 aromatic heterocycles. The summed E-state index contributed by atoms with van der Waals surface area (Å²) in [5, 5.41) is 8.98. The molecule has 2 aromatic carbocycles. The molecular formula is C16H17NO4S. The maximum absolute atomic E-state index is 12.9. The molecule has 0 saturated heterocycles. The quantitative estimate of drug-likeness (QED) is 0.941. The summed E-state index contributed by atoms with van der Waals surface area (Å²) in [6.45, 7) is -0.0671. The lowest BCUT2D eigenvalue weighted by Gasteiger charge is -2.35. The second-order valence-electron chi connectivity index (χ2n) is 5.03. The Kier molecular flexibility index (Phi) is 4.04. The van der Waals surface area contributed by atoms with E-state index in [9.17, 15) is 8.42 Å². The molecule has 22 heavy (non-hydrogen) atoms. The molecule has 0 unspecified atom stereocenters. The predicted molar refractivity (Wildman–Crippen MR) is 84.7 cm³/mol. The van der Waals surface area contributed by atoms with Gasteiger partial charge in [0, 0.05) is 13.0 Å². The van der Waals surface area contributed by atoms with Gasteiger partial charge >= 0.3 is 0 Å². The first kappa shape index (κ1) is 14.9. The Balaban J connectivity index is 2.12. The van der Waals surface area contributed by atoms with Crippen LogP contribution >= 0.6 is 0 Å². The van der Waals surface area contributed by atoms with Crippen LogP contribution in [0.4, 0.5) is 11.4 Å². The third-order valence-electron chi connectivity index (χ3n) is 3.52. The number of aliphatic hydroxyl groups excluding tert-OH is 1. The molecule has 6 heteroatoms. The van der Waals surface area contributed by atoms with Crippen molar-refractivity contribution < 1.29 is 18.3 Å². The Morgan fingerprint density at radius 3 is 2.45 bits per heavy atom. The SMILES string of the molecule is O=S1(=O)[C@H](CCCO)Oc2ccccc2N1c1ccccc1. The molecule has 1 heterocycles. The number of sulfonamides is 1. The standard InChI is InChI=1S/C16H17NO4S/c18-12-6-11-16-21-15-10-5-4-9-14(15)17(22(16,19)20)13-7-2-1-3-8-13/h1-5,7-10,16,18H,6,11-12H2/t16-/m1/s1. The molecule has 1 N–H and O–H groups in total. The van der Waals surface area contributed by atoms with E-state index in [0.29, 0.717) is 23.5 Å². The number of aliphatic hydroxyl groups is 1. The van der Waals surface area contributed by atoms with E-state index < -0.39 is 15.5 Å². The summed E-state index contributed by atoms with van der Waals surface area (Å²) in [7, 11) is -3.70. The van der Waals surface area contributed by atoms with Gasteiger partial charge in [0.2, 0.25) is 5.44 Å². The van der Waals surface area contributed by atoms with Gasteiger partial charge in [-0.1, -0.05) is 30.3 Å². The fourth-order valence-electron chi connectivity index (χ4n) is 2.50. The normalized spacial score (nSPS) is 19.3. The van der Waals surface area contributed by atoms with E-state index in [0.717, 1.165) is 0 Å².